The van der Waals surface area contributed by atoms with Crippen molar-refractivity contribution in [2.45, 2.75) is 38.3 Å². The number of nitrogens with one attached hydrogen (secondary N) is 1. The minimum atomic E-state index is -0.0572. The summed E-state index contributed by atoms with van der Waals surface area (Å²) in [6.45, 7) is 6.89. The summed E-state index contributed by atoms with van der Waals surface area (Å²) >= 11 is 0. The first-order valence-corrected chi connectivity index (χ1v) is 5.00. The van der Waals surface area contributed by atoms with Crippen LogP contribution in [0.3, 0.4) is 0 Å². The van der Waals surface area contributed by atoms with Crippen LogP contribution in [0.25, 0.3) is 0 Å². The molecule has 3 heteroatoms. The Morgan fingerprint density at radius 2 is 2.00 bits per heavy atom. The minimum Gasteiger partial charge on any atom is -0.381 e. The predicted octanol–water partition coefficient (Wildman–Crippen LogP) is 1.18. The van der Waals surface area contributed by atoms with Crippen LogP contribution in [0.2, 0.25) is 0 Å². The van der Waals surface area contributed by atoms with Gasteiger partial charge in [-0.1, -0.05) is 0 Å². The van der Waals surface area contributed by atoms with Crippen LogP contribution in [0.15, 0.2) is 0 Å². The Morgan fingerprint density at radius 3 is 2.54 bits per heavy atom. The fourth-order valence-electron chi connectivity index (χ4n) is 1.36. The second kappa shape index (κ2) is 4.94. The van der Waals surface area contributed by atoms with Crippen molar-refractivity contribution in [3.05, 3.63) is 0 Å². The van der Waals surface area contributed by atoms with Gasteiger partial charge >= 0.3 is 0 Å². The summed E-state index contributed by atoms with van der Waals surface area (Å²) in [5.74, 6) is 0. The molecule has 1 saturated heterocycles. The number of hydrogen-bond donors (Lipinski definition) is 1. The highest BCUT2D eigenvalue weighted by atomic mass is 16.5. The zero-order valence-corrected chi connectivity index (χ0v) is 8.93. The van der Waals surface area contributed by atoms with E-state index in [2.05, 4.69) is 19.2 Å². The third-order valence-corrected chi connectivity index (χ3v) is 2.59. The molecular formula is C10H21NO2. The van der Waals surface area contributed by atoms with E-state index >= 15 is 0 Å². The lowest BCUT2D eigenvalue weighted by atomic mass is 10.1. The molecule has 1 heterocycles. The summed E-state index contributed by atoms with van der Waals surface area (Å²) in [6, 6.07) is 0.614. The quantitative estimate of drug-likeness (QED) is 0.717. The van der Waals surface area contributed by atoms with E-state index in [4.69, 9.17) is 9.47 Å². The van der Waals surface area contributed by atoms with E-state index in [0.29, 0.717) is 6.04 Å². The van der Waals surface area contributed by atoms with Gasteiger partial charge < -0.3 is 14.8 Å². The van der Waals surface area contributed by atoms with Crippen molar-refractivity contribution in [3.63, 3.8) is 0 Å². The van der Waals surface area contributed by atoms with Crippen LogP contribution in [-0.4, -0.2) is 38.5 Å². The van der Waals surface area contributed by atoms with Gasteiger partial charge in [0.15, 0.2) is 0 Å². The molecule has 0 aromatic heterocycles. The average molecular weight is 187 g/mol. The molecule has 1 fully saturated rings. The third kappa shape index (κ3) is 4.07. The maximum atomic E-state index is 5.33. The molecule has 0 unspecified atom stereocenters. The molecule has 0 atom stereocenters. The average Bonchev–Trinajstić information content (AvgIpc) is 2.17. The highest BCUT2D eigenvalue weighted by Gasteiger charge is 2.19. The number of ether oxygens (including phenoxy) is 2. The molecule has 1 rings (SSSR count). The molecule has 0 spiro atoms. The summed E-state index contributed by atoms with van der Waals surface area (Å²) in [5, 5.41) is 3.51. The highest BCUT2D eigenvalue weighted by Crippen LogP contribution is 2.10. The van der Waals surface area contributed by atoms with Crippen LogP contribution in [0, 0.1) is 0 Å². The van der Waals surface area contributed by atoms with Crippen LogP contribution in [0.5, 0.6) is 0 Å². The van der Waals surface area contributed by atoms with E-state index in [1.165, 1.54) is 0 Å². The van der Waals surface area contributed by atoms with Crippen molar-refractivity contribution in [2.75, 3.05) is 26.9 Å². The molecule has 0 aromatic carbocycles. The van der Waals surface area contributed by atoms with E-state index in [9.17, 15) is 0 Å². The largest absolute Gasteiger partial charge is 0.381 e. The van der Waals surface area contributed by atoms with E-state index in [1.807, 2.05) is 0 Å². The normalized spacial score (nSPS) is 20.5. The van der Waals surface area contributed by atoms with Crippen LogP contribution in [-0.2, 0) is 9.47 Å². The van der Waals surface area contributed by atoms with Gasteiger partial charge in [0.1, 0.15) is 0 Å². The fourth-order valence-corrected chi connectivity index (χ4v) is 1.36. The number of methoxy groups -OCH3 is 1. The zero-order chi connectivity index (χ0) is 9.73. The monoisotopic (exact) mass is 187 g/mol. The van der Waals surface area contributed by atoms with E-state index < -0.39 is 0 Å². The maximum absolute atomic E-state index is 5.33. The second-order valence-corrected chi connectivity index (χ2v) is 4.23. The topological polar surface area (TPSA) is 30.5 Å². The van der Waals surface area contributed by atoms with E-state index in [-0.39, 0.29) is 5.60 Å². The Balaban J connectivity index is 2.17. The van der Waals surface area contributed by atoms with Crippen LogP contribution in [0.4, 0.5) is 0 Å². The van der Waals surface area contributed by atoms with Gasteiger partial charge in [0, 0.05) is 32.9 Å². The smallest absolute Gasteiger partial charge is 0.0746 e. The lowest BCUT2D eigenvalue weighted by Crippen LogP contribution is -2.43. The first-order valence-electron chi connectivity index (χ1n) is 5.00. The number of hydrogen-bond acceptors (Lipinski definition) is 3. The standard InChI is InChI=1S/C10H21NO2/c1-10(2,12-3)8-11-9-4-6-13-7-5-9/h9,11H,4-8H2,1-3H3. The van der Waals surface area contributed by atoms with E-state index in [0.717, 1.165) is 32.6 Å². The SMILES string of the molecule is COC(C)(C)CNC1CCOCC1. The molecule has 0 bridgehead atoms. The van der Waals surface area contributed by atoms with Gasteiger partial charge in [-0.2, -0.15) is 0 Å². The van der Waals surface area contributed by atoms with Crippen LogP contribution >= 0.6 is 0 Å². The Hall–Kier alpha value is -0.120. The molecule has 0 radical (unpaired) electrons. The molecule has 13 heavy (non-hydrogen) atoms. The van der Waals surface area contributed by atoms with Crippen molar-refractivity contribution in [1.82, 2.24) is 5.32 Å². The summed E-state index contributed by atoms with van der Waals surface area (Å²) in [4.78, 5) is 0. The van der Waals surface area contributed by atoms with Crippen molar-refractivity contribution in [1.29, 1.82) is 0 Å². The molecular weight excluding hydrogens is 166 g/mol. The number of rotatable bonds is 4. The van der Waals surface area contributed by atoms with Crippen LogP contribution in [0.1, 0.15) is 26.7 Å². The second-order valence-electron chi connectivity index (χ2n) is 4.23. The highest BCUT2D eigenvalue weighted by molar-refractivity contribution is 4.77. The minimum absolute atomic E-state index is 0.0572. The van der Waals surface area contributed by atoms with Crippen molar-refractivity contribution in [3.8, 4) is 0 Å². The lowest BCUT2D eigenvalue weighted by molar-refractivity contribution is 0.0140. The maximum Gasteiger partial charge on any atom is 0.0746 e. The Morgan fingerprint density at radius 1 is 1.38 bits per heavy atom. The Bertz CT molecular complexity index is 142. The van der Waals surface area contributed by atoms with E-state index in [1.54, 1.807) is 7.11 Å². The summed E-state index contributed by atoms with van der Waals surface area (Å²) in [7, 11) is 1.76. The Kier molecular flexibility index (Phi) is 4.16. The predicted molar refractivity (Wildman–Crippen MR) is 52.9 cm³/mol. The van der Waals surface area contributed by atoms with Gasteiger partial charge in [-0.3, -0.25) is 0 Å². The molecule has 1 N–H and O–H groups in total. The molecule has 3 nitrogen and oxygen atoms in total. The molecule has 78 valence electrons. The van der Waals surface area contributed by atoms with Gasteiger partial charge in [0.2, 0.25) is 0 Å². The van der Waals surface area contributed by atoms with Gasteiger partial charge in [-0.25, -0.2) is 0 Å². The molecule has 0 aromatic rings. The van der Waals surface area contributed by atoms with Gasteiger partial charge in [-0.05, 0) is 26.7 Å². The molecule has 1 aliphatic rings. The first kappa shape index (κ1) is 11.0. The third-order valence-electron chi connectivity index (χ3n) is 2.59. The first-order chi connectivity index (χ1) is 6.14. The molecule has 0 amide bonds. The van der Waals surface area contributed by atoms with Gasteiger partial charge in [0.05, 0.1) is 5.60 Å². The van der Waals surface area contributed by atoms with Crippen molar-refractivity contribution >= 4 is 0 Å². The van der Waals surface area contributed by atoms with Gasteiger partial charge in [-0.15, -0.1) is 0 Å². The van der Waals surface area contributed by atoms with Crippen molar-refractivity contribution in [2.24, 2.45) is 0 Å². The zero-order valence-electron chi connectivity index (χ0n) is 8.93. The van der Waals surface area contributed by atoms with Crippen molar-refractivity contribution < 1.29 is 9.47 Å². The summed E-state index contributed by atoms with van der Waals surface area (Å²) < 4.78 is 10.6. The lowest BCUT2D eigenvalue weighted by Gasteiger charge is -2.29. The molecule has 1 aliphatic heterocycles. The summed E-state index contributed by atoms with van der Waals surface area (Å²) in [5.41, 5.74) is -0.0572. The van der Waals surface area contributed by atoms with Crippen LogP contribution < -0.4 is 5.32 Å². The molecule has 0 aliphatic carbocycles. The fraction of sp³-hybridized carbons (Fsp3) is 1.00. The Labute approximate surface area is 80.8 Å². The van der Waals surface area contributed by atoms with Gasteiger partial charge in [0.25, 0.3) is 0 Å². The molecule has 0 saturated carbocycles. The summed E-state index contributed by atoms with van der Waals surface area (Å²) in [6.07, 6.45) is 2.25.